The number of halogens is 3. The summed E-state index contributed by atoms with van der Waals surface area (Å²) in [6.45, 7) is -0.108. The van der Waals surface area contributed by atoms with E-state index >= 15 is 0 Å². The number of rotatable bonds is 10. The quantitative estimate of drug-likeness (QED) is 0.194. The molecule has 33 heavy (non-hydrogen) atoms. The molecule has 2 heterocycles. The molecule has 0 bridgehead atoms. The molecule has 1 saturated heterocycles. The highest BCUT2D eigenvalue weighted by atomic mass is 127. The number of nitrogens with zero attached hydrogens (tertiary/aromatic N) is 3. The molecule has 8 nitrogen and oxygen atoms in total. The molecule has 11 heteroatoms. The number of benzene rings is 1. The van der Waals surface area contributed by atoms with E-state index in [0.717, 1.165) is 18.5 Å². The SMILES string of the molecule is CN=C(NCc1cccnc1OCCOC)NC1CCN(c2ccccc2OC(F)F)C1.I. The van der Waals surface area contributed by atoms with Crippen LogP contribution >= 0.6 is 24.0 Å². The van der Waals surface area contributed by atoms with Gasteiger partial charge in [0.2, 0.25) is 5.88 Å². The Balaban J connectivity index is 0.00000385. The van der Waals surface area contributed by atoms with Crippen LogP contribution in [0, 0.1) is 0 Å². The highest BCUT2D eigenvalue weighted by Gasteiger charge is 2.26. The van der Waals surface area contributed by atoms with Crippen LogP contribution in [-0.2, 0) is 11.3 Å². The fourth-order valence-corrected chi connectivity index (χ4v) is 3.49. The lowest BCUT2D eigenvalue weighted by molar-refractivity contribution is -0.0495. The van der Waals surface area contributed by atoms with Gasteiger partial charge in [0.25, 0.3) is 0 Å². The van der Waals surface area contributed by atoms with Crippen LogP contribution in [0.2, 0.25) is 0 Å². The number of methoxy groups -OCH3 is 1. The Kier molecular flexibility index (Phi) is 11.4. The summed E-state index contributed by atoms with van der Waals surface area (Å²) in [5.41, 5.74) is 1.56. The summed E-state index contributed by atoms with van der Waals surface area (Å²) < 4.78 is 40.8. The molecular weight excluding hydrogens is 547 g/mol. The van der Waals surface area contributed by atoms with E-state index in [-0.39, 0.29) is 35.8 Å². The van der Waals surface area contributed by atoms with Gasteiger partial charge >= 0.3 is 6.61 Å². The number of alkyl halides is 2. The van der Waals surface area contributed by atoms with E-state index in [2.05, 4.69) is 25.3 Å². The lowest BCUT2D eigenvalue weighted by Crippen LogP contribution is -2.44. The van der Waals surface area contributed by atoms with Gasteiger partial charge in [-0.05, 0) is 24.6 Å². The molecule has 0 radical (unpaired) electrons. The average Bonchev–Trinajstić information content (AvgIpc) is 3.26. The van der Waals surface area contributed by atoms with Crippen LogP contribution in [0.3, 0.4) is 0 Å². The minimum Gasteiger partial charge on any atom is -0.475 e. The fraction of sp³-hybridized carbons (Fsp3) is 0.455. The second-order valence-electron chi connectivity index (χ2n) is 7.16. The van der Waals surface area contributed by atoms with Gasteiger partial charge in [-0.2, -0.15) is 8.78 Å². The number of pyridine rings is 1. The monoisotopic (exact) mass is 577 g/mol. The molecule has 0 aliphatic carbocycles. The summed E-state index contributed by atoms with van der Waals surface area (Å²) in [5, 5.41) is 6.68. The number of aliphatic imine (C=N–C) groups is 1. The van der Waals surface area contributed by atoms with Gasteiger partial charge < -0.3 is 29.7 Å². The van der Waals surface area contributed by atoms with Crippen molar-refractivity contribution in [2.75, 3.05) is 45.4 Å². The molecule has 0 saturated carbocycles. The van der Waals surface area contributed by atoms with Crippen LogP contribution in [-0.4, -0.2) is 64.1 Å². The van der Waals surface area contributed by atoms with Crippen molar-refractivity contribution >= 4 is 35.6 Å². The Morgan fingerprint density at radius 1 is 1.24 bits per heavy atom. The third kappa shape index (κ3) is 8.14. The molecule has 2 N–H and O–H groups in total. The van der Waals surface area contributed by atoms with Crippen LogP contribution < -0.4 is 25.0 Å². The van der Waals surface area contributed by atoms with E-state index in [1.807, 2.05) is 23.1 Å². The van der Waals surface area contributed by atoms with Crippen LogP contribution in [0.5, 0.6) is 11.6 Å². The first kappa shape index (κ1) is 26.8. The number of aromatic nitrogens is 1. The average molecular weight is 577 g/mol. The van der Waals surface area contributed by atoms with Gasteiger partial charge in [-0.1, -0.05) is 18.2 Å². The zero-order valence-electron chi connectivity index (χ0n) is 18.7. The largest absolute Gasteiger partial charge is 0.475 e. The summed E-state index contributed by atoms with van der Waals surface area (Å²) in [6.07, 6.45) is 2.52. The summed E-state index contributed by atoms with van der Waals surface area (Å²) in [6, 6.07) is 10.7. The zero-order valence-corrected chi connectivity index (χ0v) is 21.0. The maximum Gasteiger partial charge on any atom is 0.387 e. The van der Waals surface area contributed by atoms with Crippen molar-refractivity contribution in [3.63, 3.8) is 0 Å². The predicted octanol–water partition coefficient (Wildman–Crippen LogP) is 3.27. The Bertz CT molecular complexity index is 891. The number of nitrogens with one attached hydrogen (secondary N) is 2. The Labute approximate surface area is 209 Å². The Hall–Kier alpha value is -2.41. The molecular formula is C22H30F2IN5O3. The van der Waals surface area contributed by atoms with E-state index in [1.165, 1.54) is 0 Å². The molecule has 3 rings (SSSR count). The van der Waals surface area contributed by atoms with Gasteiger partial charge in [-0.15, -0.1) is 24.0 Å². The zero-order chi connectivity index (χ0) is 22.8. The van der Waals surface area contributed by atoms with Crippen LogP contribution in [0.4, 0.5) is 14.5 Å². The van der Waals surface area contributed by atoms with Gasteiger partial charge in [0.1, 0.15) is 12.4 Å². The van der Waals surface area contributed by atoms with E-state index in [1.54, 1.807) is 38.6 Å². The molecule has 1 aromatic heterocycles. The van der Waals surface area contributed by atoms with E-state index in [0.29, 0.717) is 43.8 Å². The highest BCUT2D eigenvalue weighted by Crippen LogP contribution is 2.31. The Morgan fingerprint density at radius 3 is 2.82 bits per heavy atom. The van der Waals surface area contributed by atoms with Crippen LogP contribution in [0.1, 0.15) is 12.0 Å². The minimum absolute atomic E-state index is 0. The third-order valence-corrected chi connectivity index (χ3v) is 5.00. The van der Waals surface area contributed by atoms with Crippen molar-refractivity contribution < 1.29 is 23.0 Å². The molecule has 182 valence electrons. The molecule has 1 aliphatic heterocycles. The van der Waals surface area contributed by atoms with E-state index in [9.17, 15) is 8.78 Å². The first-order valence-electron chi connectivity index (χ1n) is 10.4. The predicted molar refractivity (Wildman–Crippen MR) is 134 cm³/mol. The first-order chi connectivity index (χ1) is 15.6. The number of hydrogen-bond donors (Lipinski definition) is 2. The maximum atomic E-state index is 12.7. The minimum atomic E-state index is -2.86. The molecule has 1 atom stereocenters. The van der Waals surface area contributed by atoms with Gasteiger partial charge in [-0.25, -0.2) is 4.98 Å². The number of guanidine groups is 1. The topological polar surface area (TPSA) is 80.2 Å². The van der Waals surface area contributed by atoms with Gasteiger partial charge in [-0.3, -0.25) is 4.99 Å². The molecule has 0 spiro atoms. The van der Waals surface area contributed by atoms with E-state index < -0.39 is 6.61 Å². The van der Waals surface area contributed by atoms with Crippen LogP contribution in [0.25, 0.3) is 0 Å². The Morgan fingerprint density at radius 2 is 2.06 bits per heavy atom. The molecule has 1 unspecified atom stereocenters. The summed E-state index contributed by atoms with van der Waals surface area (Å²) in [5.74, 6) is 1.37. The number of ether oxygens (including phenoxy) is 3. The highest BCUT2D eigenvalue weighted by molar-refractivity contribution is 14.0. The first-order valence-corrected chi connectivity index (χ1v) is 10.4. The van der Waals surface area contributed by atoms with E-state index in [4.69, 9.17) is 9.47 Å². The lowest BCUT2D eigenvalue weighted by atomic mass is 10.2. The van der Waals surface area contributed by atoms with Crippen molar-refractivity contribution in [1.82, 2.24) is 15.6 Å². The molecule has 1 aliphatic rings. The second kappa shape index (κ2) is 14.0. The summed E-state index contributed by atoms with van der Waals surface area (Å²) in [7, 11) is 3.32. The molecule has 1 aromatic carbocycles. The van der Waals surface area contributed by atoms with Gasteiger partial charge in [0.15, 0.2) is 5.96 Å². The van der Waals surface area contributed by atoms with Crippen molar-refractivity contribution in [1.29, 1.82) is 0 Å². The van der Waals surface area contributed by atoms with Crippen molar-refractivity contribution in [3.8, 4) is 11.6 Å². The standard InChI is InChI=1S/C22H29F2N5O3.HI/c1-25-22(27-14-16-6-5-10-26-20(16)31-13-12-30-2)28-17-9-11-29(15-17)18-7-3-4-8-19(18)32-21(23)24;/h3-8,10,17,21H,9,11-15H2,1-2H3,(H2,25,27,28);1H. The van der Waals surface area contributed by atoms with Crippen molar-refractivity contribution in [3.05, 3.63) is 48.2 Å². The maximum absolute atomic E-state index is 12.7. The van der Waals surface area contributed by atoms with Crippen LogP contribution in [0.15, 0.2) is 47.6 Å². The molecule has 2 aromatic rings. The third-order valence-electron chi connectivity index (χ3n) is 5.00. The smallest absolute Gasteiger partial charge is 0.387 e. The lowest BCUT2D eigenvalue weighted by Gasteiger charge is -2.22. The second-order valence-corrected chi connectivity index (χ2v) is 7.16. The number of anilines is 1. The molecule has 1 fully saturated rings. The molecule has 0 amide bonds. The van der Waals surface area contributed by atoms with Crippen molar-refractivity contribution in [2.45, 2.75) is 25.6 Å². The number of hydrogen-bond acceptors (Lipinski definition) is 6. The summed E-state index contributed by atoms with van der Waals surface area (Å²) >= 11 is 0. The fourth-order valence-electron chi connectivity index (χ4n) is 3.49. The van der Waals surface area contributed by atoms with Gasteiger partial charge in [0.05, 0.1) is 12.3 Å². The summed E-state index contributed by atoms with van der Waals surface area (Å²) in [4.78, 5) is 10.6. The van der Waals surface area contributed by atoms with Gasteiger partial charge in [0, 0.05) is 51.6 Å². The van der Waals surface area contributed by atoms with Crippen molar-refractivity contribution in [2.24, 2.45) is 4.99 Å². The normalized spacial score (nSPS) is 15.8. The number of para-hydroxylation sites is 2.